The summed E-state index contributed by atoms with van der Waals surface area (Å²) in [4.78, 5) is 92.7. The summed E-state index contributed by atoms with van der Waals surface area (Å²) in [7, 11) is 4.58. The number of piperidine rings is 1. The number of carboxylic acids is 1. The molecule has 1 saturated carbocycles. The number of nitrogens with zero attached hydrogens (tertiary/aromatic N) is 17. The number of hydrogen-bond acceptors (Lipinski definition) is 25. The summed E-state index contributed by atoms with van der Waals surface area (Å²) in [5.74, 6) is -1.19. The standard InChI is InChI=1S/C28H24FN3O5.C23H17FN6O.C22H23Cl2FN4O.C19H16N8O.C5H8O4/c1-35-24-15-21-22(16-25(24)36-2)30-14-11-23(21)37-20-9-7-19(8-10-20)32-27(34)28(12-13-28)26(33)31-18-5-3-17(29)4-6-18;1-25-22(31)18-6-5-16(11-19(18)24)21-13-28-23-27-12-17(30(23)29-21)10-14-4-7-20-15(9-14)3-2-8-26-20;1-13-20(30-14(2)21-18(23)3-4-19(25)22(21)24)9-15(10-27-13)16-11-28-29(12-16)17-5-7-26-8-6-17;28-7-6-26-12-15(9-22-26)17-10-21-18-19(23-17)27(25-24-18)11-13-3-4-16-14(8-13)2-1-5-20-16;1-3(6)4(7)2-5(8)9/h3-11,14-16H,12-13H2,1-2H3,(H,31,33)(H,32,34);2-9,11-13H,10H2,1H3,(H,25,31);3-4,9-12,14,17,26H,5-8H2,1-2H3;1-5,8-10,12,28H,6-7,11H2;4,7H,2H2,1H3,(H,8,9)/t;;14-;;4-/m..1.0/s1. The van der Waals surface area contributed by atoms with Gasteiger partial charge in [-0.1, -0.05) is 58.7 Å². The Morgan fingerprint density at radius 2 is 1.31 bits per heavy atom. The van der Waals surface area contributed by atoms with Crippen molar-refractivity contribution in [3.63, 3.8) is 0 Å². The highest BCUT2D eigenvalue weighted by Crippen LogP contribution is 2.48. The first-order valence-corrected chi connectivity index (χ1v) is 43.3. The maximum atomic E-state index is 14.4. The van der Waals surface area contributed by atoms with E-state index in [2.05, 4.69) is 105 Å². The van der Waals surface area contributed by atoms with Crippen molar-refractivity contribution in [2.75, 3.05) is 51.6 Å². The average Bonchev–Trinajstić information content (AvgIpc) is 1.59. The third-order valence-corrected chi connectivity index (χ3v) is 22.8. The zero-order chi connectivity index (χ0) is 95.0. The van der Waals surface area contributed by atoms with Crippen molar-refractivity contribution in [2.45, 2.75) is 90.6 Å². The third-order valence-electron chi connectivity index (χ3n) is 22.1. The normalized spacial score (nSPS) is 13.0. The smallest absolute Gasteiger partial charge is 0.306 e. The number of amides is 3. The SMILES string of the molecule is CC(=O)[C@@H](O)CC(=O)O.CNC(=O)c1ccc(-c2cnc3ncc(Cc4ccc5ncccc5c4)n3n2)cc1F.COc1cc2nccc(Oc3ccc(NC(=O)C4(C(=O)Nc5ccc(F)cc5)CC4)cc3)c2cc1OC.Cc1ncc(-c2cnn(C3CCNCC3)c2)cc1O[C@H](C)c1c(Cl)ccc(F)c1Cl.OCCn1cc(-c2cnc3nnn(Cc4ccc5ncccc5c4)c3n2)cn1. The van der Waals surface area contributed by atoms with Crippen LogP contribution in [0.4, 0.5) is 24.5 Å². The van der Waals surface area contributed by atoms with E-state index in [0.29, 0.717) is 129 Å². The fourth-order valence-corrected chi connectivity index (χ4v) is 15.3. The van der Waals surface area contributed by atoms with Gasteiger partial charge in [-0.05, 0) is 198 Å². The fourth-order valence-electron chi connectivity index (χ4n) is 14.6. The van der Waals surface area contributed by atoms with Gasteiger partial charge in [-0.2, -0.15) is 15.3 Å². The molecular weight excluding hydrogens is 1780 g/mol. The second-order valence-electron chi connectivity index (χ2n) is 31.4. The van der Waals surface area contributed by atoms with Crippen molar-refractivity contribution in [1.82, 2.24) is 94.7 Å². The fraction of sp³-hybridized carbons (Fsp3) is 0.216. The van der Waals surface area contributed by atoms with Gasteiger partial charge in [0.25, 0.3) is 11.7 Å². The predicted octanol–water partition coefficient (Wildman–Crippen LogP) is 15.8. The number of aromatic nitrogens is 17. The number of rotatable bonds is 25. The molecule has 7 aromatic carbocycles. The van der Waals surface area contributed by atoms with E-state index in [1.165, 1.54) is 55.6 Å². The molecule has 2 fully saturated rings. The van der Waals surface area contributed by atoms with Gasteiger partial charge in [0.05, 0.1) is 122 Å². The van der Waals surface area contributed by atoms with Gasteiger partial charge in [0.2, 0.25) is 17.5 Å². The van der Waals surface area contributed by atoms with Crippen LogP contribution in [0.25, 0.3) is 83.4 Å². The van der Waals surface area contributed by atoms with Crippen LogP contribution in [0.15, 0.2) is 232 Å². The van der Waals surface area contributed by atoms with Crippen molar-refractivity contribution in [3.8, 4) is 62.4 Å². The molecule has 19 rings (SSSR count). The second-order valence-corrected chi connectivity index (χ2v) is 32.2. The van der Waals surface area contributed by atoms with Gasteiger partial charge in [0.15, 0.2) is 22.9 Å². The molecule has 11 heterocycles. The number of aliphatic carboxylic acids is 1. The number of imidazole rings is 1. The Bertz CT molecular complexity index is 7200. The topological polar surface area (TPSA) is 418 Å². The molecule has 1 saturated heterocycles. The molecular formula is C97H88Cl2F3N21O12. The molecule has 1 aliphatic heterocycles. The van der Waals surface area contributed by atoms with Gasteiger partial charge in [-0.25, -0.2) is 42.3 Å². The summed E-state index contributed by atoms with van der Waals surface area (Å²) in [5.41, 5.74) is 12.1. The maximum Gasteiger partial charge on any atom is 0.306 e. The number of aliphatic hydroxyl groups excluding tert-OH is 2. The number of Topliss-reactive ketones (excluding diaryl/α,β-unsaturated/α-hetero) is 1. The zero-order valence-electron chi connectivity index (χ0n) is 73.5. The summed E-state index contributed by atoms with van der Waals surface area (Å²) < 4.78 is 71.4. The number of carbonyl (C=O) groups is 5. The number of hydrogen-bond donors (Lipinski definition) is 7. The van der Waals surface area contributed by atoms with E-state index in [-0.39, 0.29) is 23.1 Å². The summed E-state index contributed by atoms with van der Waals surface area (Å²) in [6.07, 6.45) is 20.6. The molecule has 17 aromatic rings. The number of carboxylic acid groups (broad SMARTS) is 1. The lowest BCUT2D eigenvalue weighted by Crippen LogP contribution is -2.35. The Balaban J connectivity index is 0.000000133. The van der Waals surface area contributed by atoms with Crippen LogP contribution in [0.3, 0.4) is 0 Å². The number of carbonyl (C=O) groups excluding carboxylic acids is 4. The number of ketones is 1. The number of methoxy groups -OCH3 is 2. The van der Waals surface area contributed by atoms with Crippen LogP contribution in [0, 0.1) is 29.8 Å². The van der Waals surface area contributed by atoms with E-state index >= 15 is 0 Å². The predicted molar refractivity (Wildman–Crippen MR) is 499 cm³/mol. The van der Waals surface area contributed by atoms with Crippen molar-refractivity contribution in [2.24, 2.45) is 5.41 Å². The number of pyridine rings is 4. The Morgan fingerprint density at radius 1 is 0.644 bits per heavy atom. The van der Waals surface area contributed by atoms with Gasteiger partial charge >= 0.3 is 5.97 Å². The number of benzene rings is 7. The minimum absolute atomic E-state index is 0.0191. The van der Waals surface area contributed by atoms with E-state index in [1.807, 2.05) is 78.6 Å². The molecule has 3 amide bonds. The van der Waals surface area contributed by atoms with Crippen LogP contribution < -0.4 is 40.2 Å². The number of anilines is 2. The quantitative estimate of drug-likeness (QED) is 0.0206. The number of aliphatic hydroxyl groups is 2. The summed E-state index contributed by atoms with van der Waals surface area (Å²) in [6, 6.07) is 47.1. The summed E-state index contributed by atoms with van der Waals surface area (Å²) in [5, 5.41) is 61.9. The summed E-state index contributed by atoms with van der Waals surface area (Å²) in [6.45, 7) is 7.81. The van der Waals surface area contributed by atoms with E-state index in [0.717, 1.165) is 99.3 Å². The Hall–Kier alpha value is -15.6. The van der Waals surface area contributed by atoms with Crippen molar-refractivity contribution in [1.29, 1.82) is 0 Å². The van der Waals surface area contributed by atoms with Crippen LogP contribution in [-0.2, 0) is 38.7 Å². The maximum absolute atomic E-state index is 14.4. The monoisotopic (exact) mass is 1870 g/mol. The molecule has 0 bridgehead atoms. The lowest BCUT2D eigenvalue weighted by Gasteiger charge is -2.22. The van der Waals surface area contributed by atoms with Gasteiger partial charge in [0.1, 0.15) is 58.0 Å². The molecule has 7 N–H and O–H groups in total. The first kappa shape index (κ1) is 94.0. The molecule has 135 heavy (non-hydrogen) atoms. The van der Waals surface area contributed by atoms with E-state index in [9.17, 15) is 37.1 Å². The van der Waals surface area contributed by atoms with Crippen LogP contribution in [0.2, 0.25) is 10.0 Å². The Labute approximate surface area is 778 Å². The first-order valence-electron chi connectivity index (χ1n) is 42.5. The Morgan fingerprint density at radius 3 is 1.98 bits per heavy atom. The van der Waals surface area contributed by atoms with Crippen LogP contribution in [-0.4, -0.2) is 176 Å². The second kappa shape index (κ2) is 42.7. The minimum atomic E-state index is -1.34. The van der Waals surface area contributed by atoms with Crippen LogP contribution >= 0.6 is 23.2 Å². The van der Waals surface area contributed by atoms with Gasteiger partial charge in [-0.15, -0.1) is 5.10 Å². The van der Waals surface area contributed by atoms with Crippen molar-refractivity contribution < 1.29 is 71.4 Å². The number of fused-ring (bicyclic) bond motifs is 5. The molecule has 2 aliphatic rings. The Kier molecular flexibility index (Phi) is 29.8. The molecule has 10 aromatic heterocycles. The lowest BCUT2D eigenvalue weighted by atomic mass is 10.0. The van der Waals surface area contributed by atoms with Crippen molar-refractivity contribution in [3.05, 3.63) is 293 Å². The number of ether oxygens (including phenoxy) is 4. The number of aryl methyl sites for hydroxylation is 1. The van der Waals surface area contributed by atoms with E-state index in [4.69, 9.17) is 57.5 Å². The number of nitrogens with one attached hydrogen (secondary N) is 4. The molecule has 688 valence electrons. The molecule has 2 atom stereocenters. The molecule has 0 unspecified atom stereocenters. The van der Waals surface area contributed by atoms with Gasteiger partial charge in [0, 0.05) is 117 Å². The summed E-state index contributed by atoms with van der Waals surface area (Å²) >= 11 is 12.4. The highest BCUT2D eigenvalue weighted by atomic mass is 35.5. The molecule has 0 radical (unpaired) electrons. The van der Waals surface area contributed by atoms with Crippen LogP contribution in [0.5, 0.6) is 28.7 Å². The first-order chi connectivity index (χ1) is 65.3. The van der Waals surface area contributed by atoms with Gasteiger partial charge in [-0.3, -0.25) is 53.3 Å². The van der Waals surface area contributed by atoms with E-state index in [1.54, 1.807) is 133 Å². The average molecular weight is 1870 g/mol. The number of halogens is 5. The highest BCUT2D eigenvalue weighted by molar-refractivity contribution is 6.36. The molecule has 0 spiro atoms. The minimum Gasteiger partial charge on any atom is -0.493 e. The van der Waals surface area contributed by atoms with Gasteiger partial charge < -0.3 is 55.5 Å². The van der Waals surface area contributed by atoms with E-state index < -0.39 is 65.1 Å². The molecule has 33 nitrogen and oxygen atoms in total. The zero-order valence-corrected chi connectivity index (χ0v) is 75.0. The molecule has 38 heteroatoms. The van der Waals surface area contributed by atoms with Crippen molar-refractivity contribution >= 4 is 114 Å². The highest BCUT2D eigenvalue weighted by Gasteiger charge is 2.56. The van der Waals surface area contributed by atoms with Crippen LogP contribution in [0.1, 0.15) is 96.5 Å². The largest absolute Gasteiger partial charge is 0.493 e. The third kappa shape index (κ3) is 22.8. The lowest BCUT2D eigenvalue weighted by molar-refractivity contribution is -0.142. The molecule has 1 aliphatic carbocycles.